The van der Waals surface area contributed by atoms with Gasteiger partial charge in [-0.05, 0) is 12.8 Å². The number of rotatable bonds is 6. The van der Waals surface area contributed by atoms with Gasteiger partial charge in [-0.3, -0.25) is 4.79 Å². The van der Waals surface area contributed by atoms with Gasteiger partial charge in [0.15, 0.2) is 5.16 Å². The van der Waals surface area contributed by atoms with Crippen molar-refractivity contribution in [2.45, 2.75) is 50.7 Å². The zero-order valence-electron chi connectivity index (χ0n) is 10.6. The molecule has 1 saturated carbocycles. The topological polar surface area (TPSA) is 68.0 Å². The first-order valence-electron chi connectivity index (χ1n) is 6.47. The molecular weight excluding hydrogens is 250 g/mol. The molecule has 0 aliphatic heterocycles. The third-order valence-corrected chi connectivity index (χ3v) is 4.33. The smallest absolute Gasteiger partial charge is 0.313 e. The molecule has 0 spiro atoms. The first kappa shape index (κ1) is 13.4. The van der Waals surface area contributed by atoms with Gasteiger partial charge >= 0.3 is 5.97 Å². The molecule has 5 nitrogen and oxygen atoms in total. The molecule has 1 heterocycles. The second-order valence-electron chi connectivity index (χ2n) is 4.68. The molecule has 0 bridgehead atoms. The van der Waals surface area contributed by atoms with E-state index in [9.17, 15) is 4.79 Å². The lowest BCUT2D eigenvalue weighted by Gasteiger charge is -2.10. The molecule has 100 valence electrons. The van der Waals surface area contributed by atoms with Gasteiger partial charge < -0.3 is 9.67 Å². The van der Waals surface area contributed by atoms with Crippen LogP contribution >= 0.6 is 11.8 Å². The zero-order chi connectivity index (χ0) is 13.0. The van der Waals surface area contributed by atoms with Crippen molar-refractivity contribution in [3.05, 3.63) is 5.82 Å². The van der Waals surface area contributed by atoms with Crippen molar-refractivity contribution in [1.29, 1.82) is 0 Å². The van der Waals surface area contributed by atoms with Crippen molar-refractivity contribution in [2.24, 2.45) is 5.92 Å². The molecule has 1 N–H and O–H groups in total. The summed E-state index contributed by atoms with van der Waals surface area (Å²) in [7, 11) is 0. The van der Waals surface area contributed by atoms with Gasteiger partial charge in [-0.25, -0.2) is 0 Å². The monoisotopic (exact) mass is 269 g/mol. The van der Waals surface area contributed by atoms with Gasteiger partial charge in [-0.2, -0.15) is 0 Å². The Morgan fingerprint density at radius 2 is 2.17 bits per heavy atom. The van der Waals surface area contributed by atoms with Crippen molar-refractivity contribution >= 4 is 17.7 Å². The summed E-state index contributed by atoms with van der Waals surface area (Å²) in [6, 6.07) is 0. The Morgan fingerprint density at radius 1 is 1.44 bits per heavy atom. The van der Waals surface area contributed by atoms with E-state index in [4.69, 9.17) is 5.11 Å². The highest BCUT2D eigenvalue weighted by Crippen LogP contribution is 2.28. The largest absolute Gasteiger partial charge is 0.481 e. The second kappa shape index (κ2) is 6.22. The van der Waals surface area contributed by atoms with E-state index in [1.165, 1.54) is 37.4 Å². The molecule has 1 aromatic rings. The number of carbonyl (C=O) groups is 1. The highest BCUT2D eigenvalue weighted by molar-refractivity contribution is 7.99. The average molecular weight is 269 g/mol. The van der Waals surface area contributed by atoms with E-state index in [0.29, 0.717) is 0 Å². The van der Waals surface area contributed by atoms with Crippen LogP contribution < -0.4 is 0 Å². The van der Waals surface area contributed by atoms with Crippen molar-refractivity contribution < 1.29 is 9.90 Å². The van der Waals surface area contributed by atoms with Gasteiger partial charge in [0, 0.05) is 13.0 Å². The van der Waals surface area contributed by atoms with Crippen LogP contribution in [0.3, 0.4) is 0 Å². The predicted molar refractivity (Wildman–Crippen MR) is 69.7 cm³/mol. The first-order valence-corrected chi connectivity index (χ1v) is 7.46. The molecule has 0 aromatic carbocycles. The van der Waals surface area contributed by atoms with Crippen LogP contribution in [0.4, 0.5) is 0 Å². The highest BCUT2D eigenvalue weighted by atomic mass is 32.2. The summed E-state index contributed by atoms with van der Waals surface area (Å²) in [4.78, 5) is 10.6. The first-order chi connectivity index (χ1) is 8.70. The van der Waals surface area contributed by atoms with Crippen LogP contribution in [0.5, 0.6) is 0 Å². The fraction of sp³-hybridized carbons (Fsp3) is 0.750. The summed E-state index contributed by atoms with van der Waals surface area (Å²) in [6.07, 6.45) is 6.20. The van der Waals surface area contributed by atoms with Gasteiger partial charge in [-0.1, -0.05) is 37.4 Å². The maximum Gasteiger partial charge on any atom is 0.313 e. The molecule has 2 rings (SSSR count). The highest BCUT2D eigenvalue weighted by Gasteiger charge is 2.20. The zero-order valence-corrected chi connectivity index (χ0v) is 11.4. The Balaban J connectivity index is 2.03. The van der Waals surface area contributed by atoms with Gasteiger partial charge in [0.1, 0.15) is 5.82 Å². The number of carboxylic acids is 1. The van der Waals surface area contributed by atoms with Crippen LogP contribution in [0.15, 0.2) is 5.16 Å². The van der Waals surface area contributed by atoms with Gasteiger partial charge in [0.25, 0.3) is 0 Å². The van der Waals surface area contributed by atoms with E-state index in [2.05, 4.69) is 10.2 Å². The number of carboxylic acid groups (broad SMARTS) is 1. The lowest BCUT2D eigenvalue weighted by Crippen LogP contribution is -2.09. The van der Waals surface area contributed by atoms with E-state index < -0.39 is 5.97 Å². The number of thioether (sulfide) groups is 1. The summed E-state index contributed by atoms with van der Waals surface area (Å²) in [6.45, 7) is 2.85. The summed E-state index contributed by atoms with van der Waals surface area (Å²) < 4.78 is 2.05. The second-order valence-corrected chi connectivity index (χ2v) is 5.62. The Labute approximate surface area is 111 Å². The standard InChI is InChI=1S/C12H19N3O2S/c1-2-15-10(7-9-5-3-4-6-9)13-14-12(15)18-8-11(16)17/h9H,2-8H2,1H3,(H,16,17). The summed E-state index contributed by atoms with van der Waals surface area (Å²) in [5.74, 6) is 0.971. The van der Waals surface area contributed by atoms with Crippen LogP contribution in [0.25, 0.3) is 0 Å². The molecular formula is C12H19N3O2S. The molecule has 1 fully saturated rings. The number of nitrogens with zero attached hydrogens (tertiary/aromatic N) is 3. The Bertz CT molecular complexity index is 413. The van der Waals surface area contributed by atoms with Crippen LogP contribution in [-0.4, -0.2) is 31.6 Å². The number of aliphatic carboxylic acids is 1. The molecule has 0 radical (unpaired) electrons. The molecule has 0 atom stereocenters. The fourth-order valence-electron chi connectivity index (χ4n) is 2.49. The molecule has 18 heavy (non-hydrogen) atoms. The third kappa shape index (κ3) is 3.25. The van der Waals surface area contributed by atoms with Crippen molar-refractivity contribution in [3.63, 3.8) is 0 Å². The molecule has 1 aromatic heterocycles. The molecule has 1 aliphatic rings. The van der Waals surface area contributed by atoms with Crippen LogP contribution in [-0.2, 0) is 17.8 Å². The number of hydrogen-bond donors (Lipinski definition) is 1. The molecule has 0 amide bonds. The van der Waals surface area contributed by atoms with Gasteiger partial charge in [0.2, 0.25) is 0 Å². The Hall–Kier alpha value is -1.04. The Kier molecular flexibility index (Phi) is 4.63. The van der Waals surface area contributed by atoms with Crippen molar-refractivity contribution in [2.75, 3.05) is 5.75 Å². The molecule has 6 heteroatoms. The van der Waals surface area contributed by atoms with Gasteiger partial charge in [-0.15, -0.1) is 10.2 Å². The lowest BCUT2D eigenvalue weighted by atomic mass is 10.0. The van der Waals surface area contributed by atoms with E-state index in [0.717, 1.165) is 29.9 Å². The molecule has 0 saturated heterocycles. The normalized spacial score (nSPS) is 16.3. The van der Waals surface area contributed by atoms with Crippen molar-refractivity contribution in [1.82, 2.24) is 14.8 Å². The summed E-state index contributed by atoms with van der Waals surface area (Å²) in [5.41, 5.74) is 0. The quantitative estimate of drug-likeness (QED) is 0.802. The van der Waals surface area contributed by atoms with Crippen LogP contribution in [0.2, 0.25) is 0 Å². The maximum absolute atomic E-state index is 10.6. The molecule has 1 aliphatic carbocycles. The maximum atomic E-state index is 10.6. The van der Waals surface area contributed by atoms with E-state index in [1.807, 2.05) is 11.5 Å². The summed E-state index contributed by atoms with van der Waals surface area (Å²) >= 11 is 1.25. The van der Waals surface area contributed by atoms with E-state index in [-0.39, 0.29) is 5.75 Å². The van der Waals surface area contributed by atoms with Crippen molar-refractivity contribution in [3.8, 4) is 0 Å². The predicted octanol–water partition coefficient (Wildman–Crippen LogP) is 2.21. The SMILES string of the molecule is CCn1c(CC2CCCC2)nnc1SCC(=O)O. The Morgan fingerprint density at radius 3 is 2.78 bits per heavy atom. The lowest BCUT2D eigenvalue weighted by molar-refractivity contribution is -0.133. The minimum Gasteiger partial charge on any atom is -0.481 e. The van der Waals surface area contributed by atoms with Gasteiger partial charge in [0.05, 0.1) is 5.75 Å². The number of hydrogen-bond acceptors (Lipinski definition) is 4. The minimum atomic E-state index is -0.817. The molecule has 0 unspecified atom stereocenters. The number of aromatic nitrogens is 3. The van der Waals surface area contributed by atoms with Crippen LogP contribution in [0.1, 0.15) is 38.4 Å². The average Bonchev–Trinajstić information content (AvgIpc) is 2.96. The van der Waals surface area contributed by atoms with E-state index >= 15 is 0 Å². The minimum absolute atomic E-state index is 0.0432. The fourth-order valence-corrected chi connectivity index (χ4v) is 3.23. The third-order valence-electron chi connectivity index (χ3n) is 3.38. The summed E-state index contributed by atoms with van der Waals surface area (Å²) in [5, 5.41) is 17.8. The van der Waals surface area contributed by atoms with E-state index in [1.54, 1.807) is 0 Å². The van der Waals surface area contributed by atoms with Crippen LogP contribution in [0, 0.1) is 5.92 Å².